The molecule has 1 atom stereocenters. The van der Waals surface area contributed by atoms with Crippen molar-refractivity contribution in [3.63, 3.8) is 0 Å². The molecule has 0 saturated heterocycles. The molecule has 0 aliphatic carbocycles. The maximum atomic E-state index is 12.9. The lowest BCUT2D eigenvalue weighted by Gasteiger charge is -2.16. The molecule has 2 aromatic heterocycles. The number of aromatic nitrogens is 3. The van der Waals surface area contributed by atoms with Gasteiger partial charge in [-0.05, 0) is 30.7 Å². The number of amides is 1. The first-order valence-electron chi connectivity index (χ1n) is 11.5. The third-order valence-electron chi connectivity index (χ3n) is 5.38. The molecule has 0 bridgehead atoms. The summed E-state index contributed by atoms with van der Waals surface area (Å²) in [7, 11) is 1.32. The van der Waals surface area contributed by atoms with Crippen LogP contribution >= 0.6 is 34.7 Å². The first kappa shape index (κ1) is 27.4. The van der Waals surface area contributed by atoms with Gasteiger partial charge in [0.25, 0.3) is 0 Å². The van der Waals surface area contributed by atoms with Crippen molar-refractivity contribution in [1.29, 1.82) is 0 Å². The third-order valence-corrected chi connectivity index (χ3v) is 7.48. The number of methoxy groups -OCH3 is 1. The highest BCUT2D eigenvalue weighted by atomic mass is 35.5. The molecule has 2 aromatic carbocycles. The quantitative estimate of drug-likeness (QED) is 0.125. The van der Waals surface area contributed by atoms with Crippen molar-refractivity contribution in [2.24, 2.45) is 0 Å². The normalized spacial score (nSPS) is 11.6. The number of thiophene rings is 1. The Balaban J connectivity index is 1.47. The fourth-order valence-electron chi connectivity index (χ4n) is 3.68. The van der Waals surface area contributed by atoms with Crippen LogP contribution in [0.25, 0.3) is 11.1 Å². The van der Waals surface area contributed by atoms with Gasteiger partial charge in [-0.15, -0.1) is 28.1 Å². The predicted molar refractivity (Wildman–Crippen MR) is 151 cm³/mol. The summed E-state index contributed by atoms with van der Waals surface area (Å²) >= 11 is 8.56. The average Bonchev–Trinajstić information content (AvgIpc) is 3.52. The van der Waals surface area contributed by atoms with Crippen molar-refractivity contribution in [1.82, 2.24) is 14.8 Å². The number of halogens is 1. The molecule has 0 spiro atoms. The van der Waals surface area contributed by atoms with Gasteiger partial charge in [-0.1, -0.05) is 65.8 Å². The molecular formula is C27H25ClN4O4S2. The molecule has 0 fully saturated rings. The predicted octanol–water partition coefficient (Wildman–Crippen LogP) is 6.50. The summed E-state index contributed by atoms with van der Waals surface area (Å²) in [6.45, 7) is 6.12. The number of hydrogen-bond donors (Lipinski definition) is 1. The Kier molecular flexibility index (Phi) is 9.22. The van der Waals surface area contributed by atoms with E-state index in [4.69, 9.17) is 21.1 Å². The molecule has 4 aromatic rings. The van der Waals surface area contributed by atoms with Crippen molar-refractivity contribution in [2.45, 2.75) is 24.7 Å². The minimum atomic E-state index is -0.517. The first-order chi connectivity index (χ1) is 18.4. The lowest BCUT2D eigenvalue weighted by atomic mass is 10.0. The molecule has 38 heavy (non-hydrogen) atoms. The van der Waals surface area contributed by atoms with Gasteiger partial charge in [-0.2, -0.15) is 0 Å². The number of carbonyl (C=O) groups is 2. The van der Waals surface area contributed by atoms with Gasteiger partial charge in [0.2, 0.25) is 5.91 Å². The van der Waals surface area contributed by atoms with Crippen LogP contribution in [0.2, 0.25) is 5.02 Å². The van der Waals surface area contributed by atoms with Crippen LogP contribution in [0.4, 0.5) is 5.00 Å². The molecular weight excluding hydrogens is 544 g/mol. The van der Waals surface area contributed by atoms with Crippen molar-refractivity contribution >= 4 is 51.6 Å². The number of nitrogens with zero attached hydrogens (tertiary/aromatic N) is 3. The van der Waals surface area contributed by atoms with Crippen molar-refractivity contribution in [3.8, 4) is 16.9 Å². The highest BCUT2D eigenvalue weighted by Gasteiger charge is 2.23. The number of ether oxygens (including phenoxy) is 2. The lowest BCUT2D eigenvalue weighted by Crippen LogP contribution is -2.17. The van der Waals surface area contributed by atoms with Gasteiger partial charge in [0, 0.05) is 22.5 Å². The van der Waals surface area contributed by atoms with Gasteiger partial charge in [-0.3, -0.25) is 9.36 Å². The van der Waals surface area contributed by atoms with Crippen LogP contribution in [0.3, 0.4) is 0 Å². The smallest absolute Gasteiger partial charge is 0.341 e. The minimum Gasteiger partial charge on any atom is -0.483 e. The zero-order valence-electron chi connectivity index (χ0n) is 20.7. The fourth-order valence-corrected chi connectivity index (χ4v) is 5.59. The van der Waals surface area contributed by atoms with E-state index in [1.54, 1.807) is 24.3 Å². The summed E-state index contributed by atoms with van der Waals surface area (Å²) in [4.78, 5) is 25.4. The van der Waals surface area contributed by atoms with Gasteiger partial charge in [0.15, 0.2) is 17.1 Å². The number of thioether (sulfide) groups is 1. The number of anilines is 1. The van der Waals surface area contributed by atoms with Crippen LogP contribution in [0.15, 0.2) is 77.8 Å². The Labute approximate surface area is 233 Å². The number of hydrogen-bond acceptors (Lipinski definition) is 8. The molecule has 1 unspecified atom stereocenters. The van der Waals surface area contributed by atoms with E-state index in [0.29, 0.717) is 44.4 Å². The summed E-state index contributed by atoms with van der Waals surface area (Å²) in [6.07, 6.45) is 1.30. The van der Waals surface area contributed by atoms with Gasteiger partial charge < -0.3 is 14.8 Å². The monoisotopic (exact) mass is 568 g/mol. The van der Waals surface area contributed by atoms with Crippen molar-refractivity contribution in [3.05, 3.63) is 89.0 Å². The Morgan fingerprint density at radius 2 is 2.00 bits per heavy atom. The maximum Gasteiger partial charge on any atom is 0.341 e. The molecule has 2 heterocycles. The second kappa shape index (κ2) is 12.8. The van der Waals surface area contributed by atoms with Crippen LogP contribution in [-0.2, 0) is 16.1 Å². The zero-order valence-corrected chi connectivity index (χ0v) is 23.1. The van der Waals surface area contributed by atoms with Crippen LogP contribution in [0.1, 0.15) is 29.2 Å². The highest BCUT2D eigenvalue weighted by Crippen LogP contribution is 2.36. The molecule has 1 N–H and O–H groups in total. The maximum absolute atomic E-state index is 12.9. The van der Waals surface area contributed by atoms with Gasteiger partial charge in [-0.25, -0.2) is 4.79 Å². The van der Waals surface area contributed by atoms with E-state index in [0.717, 1.165) is 5.56 Å². The van der Waals surface area contributed by atoms with Gasteiger partial charge in [0.05, 0.1) is 12.9 Å². The fraction of sp³-hybridized carbons (Fsp3) is 0.185. The number of nitrogens with one attached hydrogen (secondary N) is 1. The largest absolute Gasteiger partial charge is 0.483 e. The lowest BCUT2D eigenvalue weighted by molar-refractivity contribution is -0.113. The van der Waals surface area contributed by atoms with Crippen LogP contribution < -0.4 is 10.1 Å². The number of allylic oxidation sites excluding steroid dienone is 1. The number of rotatable bonds is 11. The number of esters is 1. The van der Waals surface area contributed by atoms with E-state index in [-0.39, 0.29) is 11.7 Å². The molecule has 11 heteroatoms. The van der Waals surface area contributed by atoms with E-state index in [9.17, 15) is 9.59 Å². The van der Waals surface area contributed by atoms with E-state index in [1.807, 2.05) is 53.3 Å². The topological polar surface area (TPSA) is 95.3 Å². The van der Waals surface area contributed by atoms with Gasteiger partial charge in [0.1, 0.15) is 16.3 Å². The Bertz CT molecular complexity index is 1440. The second-order valence-electron chi connectivity index (χ2n) is 8.01. The second-order valence-corrected chi connectivity index (χ2v) is 10.3. The van der Waals surface area contributed by atoms with E-state index in [2.05, 4.69) is 22.1 Å². The highest BCUT2D eigenvalue weighted by molar-refractivity contribution is 7.99. The Morgan fingerprint density at radius 1 is 1.21 bits per heavy atom. The summed E-state index contributed by atoms with van der Waals surface area (Å²) in [5.74, 6) is 0.444. The molecule has 1 amide bonds. The molecule has 8 nitrogen and oxygen atoms in total. The van der Waals surface area contributed by atoms with Crippen LogP contribution in [-0.4, -0.2) is 39.5 Å². The zero-order chi connectivity index (χ0) is 27.1. The molecule has 196 valence electrons. The minimum absolute atomic E-state index is 0.0536. The van der Waals surface area contributed by atoms with E-state index >= 15 is 0 Å². The summed E-state index contributed by atoms with van der Waals surface area (Å²) in [5.41, 5.74) is 1.89. The summed E-state index contributed by atoms with van der Waals surface area (Å²) in [6, 6.07) is 16.6. The molecule has 0 saturated carbocycles. The van der Waals surface area contributed by atoms with E-state index < -0.39 is 12.1 Å². The van der Waals surface area contributed by atoms with Crippen molar-refractivity contribution in [2.75, 3.05) is 18.2 Å². The summed E-state index contributed by atoms with van der Waals surface area (Å²) in [5, 5.41) is 14.8. The Hall–Kier alpha value is -3.60. The molecule has 0 aliphatic rings. The average molecular weight is 569 g/mol. The van der Waals surface area contributed by atoms with Crippen LogP contribution in [0, 0.1) is 0 Å². The molecule has 0 radical (unpaired) electrons. The number of benzene rings is 2. The Morgan fingerprint density at radius 3 is 2.71 bits per heavy atom. The third kappa shape index (κ3) is 6.45. The first-order valence-corrected chi connectivity index (χ1v) is 13.8. The van der Waals surface area contributed by atoms with Crippen LogP contribution in [0.5, 0.6) is 5.75 Å². The SMILES string of the molecule is C=CCn1c(SCC(=O)Nc2scc(-c3ccccc3)c2C(=O)OC)nnc1C(C)Oc1cccc(Cl)c1. The number of carbonyl (C=O) groups excluding carboxylic acids is 2. The van der Waals surface area contributed by atoms with Gasteiger partial charge >= 0.3 is 5.97 Å². The standard InChI is InChI=1S/C27H25ClN4O4S2/c1-4-13-32-24(17(2)36-20-12-8-11-19(28)14-20)30-31-27(32)38-16-22(33)29-25-23(26(34)35-3)21(15-37-25)18-9-6-5-7-10-18/h4-12,14-15,17H,1,13,16H2,2-3H3,(H,29,33). The molecule has 0 aliphatic heterocycles. The summed E-state index contributed by atoms with van der Waals surface area (Å²) < 4.78 is 12.8. The molecule has 4 rings (SSSR count). The van der Waals surface area contributed by atoms with E-state index in [1.165, 1.54) is 30.2 Å². The van der Waals surface area contributed by atoms with Crippen molar-refractivity contribution < 1.29 is 19.1 Å².